The van der Waals surface area contributed by atoms with Gasteiger partial charge in [-0.25, -0.2) is 13.1 Å². The highest BCUT2D eigenvalue weighted by atomic mass is 32.2. The molecule has 21 heavy (non-hydrogen) atoms. The van der Waals surface area contributed by atoms with Gasteiger partial charge >= 0.3 is 0 Å². The van der Waals surface area contributed by atoms with Gasteiger partial charge in [0.25, 0.3) is 0 Å². The van der Waals surface area contributed by atoms with Crippen molar-refractivity contribution in [2.45, 2.75) is 25.0 Å². The molecule has 0 atom stereocenters. The molecule has 0 aromatic heterocycles. The monoisotopic (exact) mass is 306 g/mol. The maximum absolute atomic E-state index is 12.2. The number of sulfonamides is 1. The molecule has 0 spiro atoms. The zero-order valence-electron chi connectivity index (χ0n) is 11.7. The van der Waals surface area contributed by atoms with Gasteiger partial charge in [0.15, 0.2) is 0 Å². The molecular formula is C15H18N2O3S. The largest absolute Gasteiger partial charge is 0.398 e. The molecular weight excluding hydrogens is 288 g/mol. The van der Waals surface area contributed by atoms with Crippen molar-refractivity contribution in [2.24, 2.45) is 0 Å². The molecule has 5 nitrogen and oxygen atoms in total. The molecule has 2 aromatic rings. The number of nitrogens with one attached hydrogen (secondary N) is 1. The van der Waals surface area contributed by atoms with Gasteiger partial charge in [0.05, 0.1) is 12.3 Å². The Balaban J connectivity index is 2.13. The molecule has 0 radical (unpaired) electrons. The number of hydrogen-bond donors (Lipinski definition) is 3. The van der Waals surface area contributed by atoms with Crippen molar-refractivity contribution in [1.82, 2.24) is 4.72 Å². The Bertz CT molecular complexity index is 725. The minimum Gasteiger partial charge on any atom is -0.398 e. The lowest BCUT2D eigenvalue weighted by atomic mass is 10.1. The highest BCUT2D eigenvalue weighted by Crippen LogP contribution is 2.19. The van der Waals surface area contributed by atoms with Crippen LogP contribution in [0, 0.1) is 6.92 Å². The summed E-state index contributed by atoms with van der Waals surface area (Å²) in [6.45, 7) is 1.98. The summed E-state index contributed by atoms with van der Waals surface area (Å²) in [6.07, 6.45) is 0. The van der Waals surface area contributed by atoms with Gasteiger partial charge in [0, 0.05) is 6.54 Å². The Labute approximate surface area is 124 Å². The molecule has 0 amide bonds. The topological polar surface area (TPSA) is 92.4 Å². The van der Waals surface area contributed by atoms with Crippen LogP contribution in [0.15, 0.2) is 47.4 Å². The molecule has 112 valence electrons. The fraction of sp³-hybridized carbons (Fsp3) is 0.200. The van der Waals surface area contributed by atoms with Crippen molar-refractivity contribution in [3.8, 4) is 0 Å². The van der Waals surface area contributed by atoms with E-state index >= 15 is 0 Å². The molecule has 2 aromatic carbocycles. The standard InChI is InChI=1S/C15H18N2O3S/c1-11-2-7-15(14(16)8-11)21(19,20)17-9-12-3-5-13(10-18)6-4-12/h2-8,17-18H,9-10,16H2,1H3. The quantitative estimate of drug-likeness (QED) is 0.731. The maximum Gasteiger partial charge on any atom is 0.242 e. The molecule has 0 unspecified atom stereocenters. The second-order valence-electron chi connectivity index (χ2n) is 4.84. The summed E-state index contributed by atoms with van der Waals surface area (Å²) < 4.78 is 27.0. The minimum absolute atomic E-state index is 0.0358. The van der Waals surface area contributed by atoms with Crippen LogP contribution in [0.3, 0.4) is 0 Å². The summed E-state index contributed by atoms with van der Waals surface area (Å²) in [5.41, 5.74) is 8.50. The third-order valence-corrected chi connectivity index (χ3v) is 4.60. The number of nitrogen functional groups attached to an aromatic ring is 1. The average Bonchev–Trinajstić information content (AvgIpc) is 2.45. The van der Waals surface area contributed by atoms with E-state index in [0.29, 0.717) is 0 Å². The number of aliphatic hydroxyl groups is 1. The summed E-state index contributed by atoms with van der Waals surface area (Å²) in [6, 6.07) is 11.9. The summed E-state index contributed by atoms with van der Waals surface area (Å²) in [5.74, 6) is 0. The molecule has 4 N–H and O–H groups in total. The van der Waals surface area contributed by atoms with Crippen LogP contribution < -0.4 is 10.5 Å². The molecule has 0 saturated heterocycles. The van der Waals surface area contributed by atoms with Crippen LogP contribution >= 0.6 is 0 Å². The first-order valence-corrected chi connectivity index (χ1v) is 7.95. The highest BCUT2D eigenvalue weighted by molar-refractivity contribution is 7.89. The van der Waals surface area contributed by atoms with Gasteiger partial charge in [-0.2, -0.15) is 0 Å². The Morgan fingerprint density at radius 1 is 1.10 bits per heavy atom. The van der Waals surface area contributed by atoms with E-state index in [1.807, 2.05) is 6.92 Å². The van der Waals surface area contributed by atoms with Gasteiger partial charge in [0.2, 0.25) is 10.0 Å². The third-order valence-electron chi connectivity index (χ3n) is 3.13. The molecule has 0 aliphatic carbocycles. The predicted octanol–water partition coefficient (Wildman–Crippen LogP) is 1.55. The lowest BCUT2D eigenvalue weighted by Crippen LogP contribution is -2.24. The van der Waals surface area contributed by atoms with E-state index in [9.17, 15) is 8.42 Å². The summed E-state index contributed by atoms with van der Waals surface area (Å²) in [4.78, 5) is 0.0834. The Hall–Kier alpha value is -1.89. The van der Waals surface area contributed by atoms with Gasteiger partial charge in [-0.15, -0.1) is 0 Å². The lowest BCUT2D eigenvalue weighted by molar-refractivity contribution is 0.282. The van der Waals surface area contributed by atoms with Gasteiger partial charge < -0.3 is 10.8 Å². The Morgan fingerprint density at radius 2 is 1.71 bits per heavy atom. The van der Waals surface area contributed by atoms with Crippen molar-refractivity contribution in [3.05, 3.63) is 59.2 Å². The average molecular weight is 306 g/mol. The molecule has 0 aliphatic heterocycles. The zero-order chi connectivity index (χ0) is 15.5. The fourth-order valence-corrected chi connectivity index (χ4v) is 3.06. The number of benzene rings is 2. The first-order valence-electron chi connectivity index (χ1n) is 6.47. The molecule has 0 heterocycles. The number of rotatable bonds is 5. The summed E-state index contributed by atoms with van der Waals surface area (Å²) in [5, 5.41) is 8.96. The Kier molecular flexibility index (Phi) is 4.62. The van der Waals surface area contributed by atoms with E-state index in [4.69, 9.17) is 10.8 Å². The molecule has 0 aliphatic rings. The number of anilines is 1. The van der Waals surface area contributed by atoms with Crippen molar-refractivity contribution in [3.63, 3.8) is 0 Å². The molecule has 0 fully saturated rings. The summed E-state index contributed by atoms with van der Waals surface area (Å²) in [7, 11) is -3.65. The number of aliphatic hydroxyl groups excluding tert-OH is 1. The number of hydrogen-bond acceptors (Lipinski definition) is 4. The van der Waals surface area contributed by atoms with E-state index in [-0.39, 0.29) is 23.7 Å². The third kappa shape index (κ3) is 3.81. The Morgan fingerprint density at radius 3 is 2.29 bits per heavy atom. The maximum atomic E-state index is 12.2. The highest BCUT2D eigenvalue weighted by Gasteiger charge is 2.16. The fourth-order valence-electron chi connectivity index (χ4n) is 1.93. The van der Waals surface area contributed by atoms with Crippen LogP contribution in [0.2, 0.25) is 0 Å². The van der Waals surface area contributed by atoms with Crippen LogP contribution in [0.5, 0.6) is 0 Å². The van der Waals surface area contributed by atoms with Gasteiger partial charge in [-0.1, -0.05) is 30.3 Å². The van der Waals surface area contributed by atoms with Crippen molar-refractivity contribution >= 4 is 15.7 Å². The molecule has 6 heteroatoms. The number of nitrogens with two attached hydrogens (primary N) is 1. The van der Waals surface area contributed by atoms with E-state index in [1.165, 1.54) is 6.07 Å². The van der Waals surface area contributed by atoms with Gasteiger partial charge in [0.1, 0.15) is 4.90 Å². The summed E-state index contributed by atoms with van der Waals surface area (Å²) >= 11 is 0. The first kappa shape index (κ1) is 15.5. The molecule has 0 saturated carbocycles. The lowest BCUT2D eigenvalue weighted by Gasteiger charge is -2.10. The molecule has 2 rings (SSSR count). The van der Waals surface area contributed by atoms with Gasteiger partial charge in [-0.3, -0.25) is 0 Å². The van der Waals surface area contributed by atoms with E-state index in [2.05, 4.69) is 4.72 Å². The van der Waals surface area contributed by atoms with Crippen molar-refractivity contribution in [1.29, 1.82) is 0 Å². The zero-order valence-corrected chi connectivity index (χ0v) is 12.5. The van der Waals surface area contributed by atoms with Gasteiger partial charge in [-0.05, 0) is 35.7 Å². The van der Waals surface area contributed by atoms with Crippen LogP contribution in [0.25, 0.3) is 0 Å². The van der Waals surface area contributed by atoms with Crippen molar-refractivity contribution in [2.75, 3.05) is 5.73 Å². The molecule has 0 bridgehead atoms. The second kappa shape index (κ2) is 6.26. The SMILES string of the molecule is Cc1ccc(S(=O)(=O)NCc2ccc(CO)cc2)c(N)c1. The number of aryl methyl sites for hydroxylation is 1. The van der Waals surface area contributed by atoms with Crippen LogP contribution in [-0.4, -0.2) is 13.5 Å². The normalized spacial score (nSPS) is 11.5. The minimum atomic E-state index is -3.65. The van der Waals surface area contributed by atoms with Crippen LogP contribution in [-0.2, 0) is 23.2 Å². The smallest absolute Gasteiger partial charge is 0.242 e. The van der Waals surface area contributed by atoms with Crippen LogP contribution in [0.1, 0.15) is 16.7 Å². The van der Waals surface area contributed by atoms with E-state index in [1.54, 1.807) is 36.4 Å². The van der Waals surface area contributed by atoms with Crippen LogP contribution in [0.4, 0.5) is 5.69 Å². The predicted molar refractivity (Wildman–Crippen MR) is 82.0 cm³/mol. The van der Waals surface area contributed by atoms with Crippen molar-refractivity contribution < 1.29 is 13.5 Å². The first-order chi connectivity index (χ1) is 9.92. The second-order valence-corrected chi connectivity index (χ2v) is 6.58. The van der Waals surface area contributed by atoms with E-state index in [0.717, 1.165) is 16.7 Å². The van der Waals surface area contributed by atoms with E-state index < -0.39 is 10.0 Å².